The summed E-state index contributed by atoms with van der Waals surface area (Å²) in [6, 6.07) is 15.9. The summed E-state index contributed by atoms with van der Waals surface area (Å²) in [7, 11) is 0. The lowest BCUT2D eigenvalue weighted by Gasteiger charge is -2.11. The van der Waals surface area contributed by atoms with Crippen LogP contribution in [0.2, 0.25) is 5.02 Å². The lowest BCUT2D eigenvalue weighted by Crippen LogP contribution is -2.18. The molecule has 8 heteroatoms. The zero-order valence-corrected chi connectivity index (χ0v) is 19.6. The number of thiazole rings is 1. The van der Waals surface area contributed by atoms with E-state index in [1.165, 1.54) is 17.0 Å². The van der Waals surface area contributed by atoms with Gasteiger partial charge in [0.25, 0.3) is 5.56 Å². The van der Waals surface area contributed by atoms with Crippen LogP contribution in [0.5, 0.6) is 5.75 Å². The molecule has 6 rings (SSSR count). The van der Waals surface area contributed by atoms with Crippen molar-refractivity contribution >= 4 is 38.9 Å². The summed E-state index contributed by atoms with van der Waals surface area (Å²) < 4.78 is 13.1. The molecule has 0 aliphatic heterocycles. The molecule has 6 nitrogen and oxygen atoms in total. The Kier molecular flexibility index (Phi) is 5.23. The van der Waals surface area contributed by atoms with Gasteiger partial charge in [-0.15, -0.1) is 11.3 Å². The zero-order chi connectivity index (χ0) is 23.2. The van der Waals surface area contributed by atoms with Gasteiger partial charge in [0.05, 0.1) is 10.7 Å². The minimum atomic E-state index is -0.457. The Morgan fingerprint density at radius 2 is 1.88 bits per heavy atom. The van der Waals surface area contributed by atoms with Crippen molar-refractivity contribution in [2.45, 2.75) is 32.3 Å². The number of aryl methyl sites for hydroxylation is 2. The summed E-state index contributed by atoms with van der Waals surface area (Å²) in [5.74, 6) is 0.356. The number of hydrogen-bond acceptors (Lipinski definition) is 6. The summed E-state index contributed by atoms with van der Waals surface area (Å²) in [6.07, 6.45) is 4.15. The smallest absolute Gasteiger partial charge is 0.336 e. The average Bonchev–Trinajstić information content (AvgIpc) is 3.22. The molecule has 0 spiro atoms. The van der Waals surface area contributed by atoms with Crippen LogP contribution in [0.4, 0.5) is 0 Å². The highest BCUT2D eigenvalue weighted by atomic mass is 35.5. The van der Waals surface area contributed by atoms with Crippen LogP contribution in [0.1, 0.15) is 29.1 Å². The average molecular weight is 491 g/mol. The van der Waals surface area contributed by atoms with Crippen LogP contribution in [0.25, 0.3) is 27.1 Å². The molecule has 0 atom stereocenters. The number of ether oxygens (including phenoxy) is 1. The van der Waals surface area contributed by atoms with E-state index in [2.05, 4.69) is 4.98 Å². The zero-order valence-electron chi connectivity index (χ0n) is 18.0. The molecule has 1 aliphatic carbocycles. The van der Waals surface area contributed by atoms with Crippen molar-refractivity contribution < 1.29 is 9.15 Å². The highest BCUT2D eigenvalue weighted by Crippen LogP contribution is 2.35. The fourth-order valence-electron chi connectivity index (χ4n) is 4.50. The van der Waals surface area contributed by atoms with Gasteiger partial charge in [0.1, 0.15) is 17.9 Å². The molecular formula is C26H19ClN2O4S. The molecule has 3 aromatic heterocycles. The lowest BCUT2D eigenvalue weighted by atomic mass is 10.0. The van der Waals surface area contributed by atoms with Crippen LogP contribution in [-0.4, -0.2) is 9.38 Å². The summed E-state index contributed by atoms with van der Waals surface area (Å²) in [6.45, 7) is 0.0716. The maximum Gasteiger partial charge on any atom is 0.336 e. The van der Waals surface area contributed by atoms with Gasteiger partial charge in [0.2, 0.25) is 0 Å². The fourth-order valence-corrected chi connectivity index (χ4v) is 5.95. The van der Waals surface area contributed by atoms with E-state index in [0.29, 0.717) is 32.4 Å². The first kappa shape index (κ1) is 21.1. The Morgan fingerprint density at radius 3 is 2.74 bits per heavy atom. The second kappa shape index (κ2) is 8.42. The summed E-state index contributed by atoms with van der Waals surface area (Å²) >= 11 is 8.11. The van der Waals surface area contributed by atoms with Crippen LogP contribution in [0.3, 0.4) is 0 Å². The molecule has 2 aromatic carbocycles. The number of fused-ring (bicyclic) bond motifs is 4. The Labute approximate surface area is 203 Å². The highest BCUT2D eigenvalue weighted by Gasteiger charge is 2.19. The van der Waals surface area contributed by atoms with Gasteiger partial charge in [-0.3, -0.25) is 9.20 Å². The molecule has 0 saturated carbocycles. The molecule has 1 aliphatic rings. The van der Waals surface area contributed by atoms with Crippen LogP contribution >= 0.6 is 22.9 Å². The van der Waals surface area contributed by atoms with Crippen molar-refractivity contribution in [1.29, 1.82) is 0 Å². The lowest BCUT2D eigenvalue weighted by molar-refractivity contribution is 0.301. The third-order valence-electron chi connectivity index (χ3n) is 6.07. The number of aromatic nitrogens is 2. The SMILES string of the molecule is O=c1cc(-c2ccccc2)c2cc(Cl)c(OCc3cc(=O)n4c5c(sc4n3)CCCC5)cc2o1. The molecule has 34 heavy (non-hydrogen) atoms. The van der Waals surface area contributed by atoms with Crippen LogP contribution in [0, 0.1) is 0 Å². The predicted octanol–water partition coefficient (Wildman–Crippen LogP) is 5.64. The van der Waals surface area contributed by atoms with Crippen molar-refractivity contribution in [2.24, 2.45) is 0 Å². The van der Waals surface area contributed by atoms with Crippen molar-refractivity contribution in [3.63, 3.8) is 0 Å². The van der Waals surface area contributed by atoms with E-state index in [1.54, 1.807) is 27.9 Å². The Balaban J connectivity index is 1.34. The van der Waals surface area contributed by atoms with Gasteiger partial charge < -0.3 is 9.15 Å². The van der Waals surface area contributed by atoms with Gasteiger partial charge in [0, 0.05) is 34.2 Å². The van der Waals surface area contributed by atoms with E-state index >= 15 is 0 Å². The number of rotatable bonds is 4. The monoisotopic (exact) mass is 490 g/mol. The first-order chi connectivity index (χ1) is 16.6. The quantitative estimate of drug-likeness (QED) is 0.305. The van der Waals surface area contributed by atoms with Crippen LogP contribution in [-0.2, 0) is 19.4 Å². The molecule has 0 bridgehead atoms. The van der Waals surface area contributed by atoms with Gasteiger partial charge in [-0.1, -0.05) is 41.9 Å². The topological polar surface area (TPSA) is 73.8 Å². The van der Waals surface area contributed by atoms with Crippen molar-refractivity contribution in [3.05, 3.63) is 96.7 Å². The largest absolute Gasteiger partial charge is 0.486 e. The third kappa shape index (κ3) is 3.71. The minimum absolute atomic E-state index is 0.0716. The molecule has 0 N–H and O–H groups in total. The second-order valence-electron chi connectivity index (χ2n) is 8.30. The summed E-state index contributed by atoms with van der Waals surface area (Å²) in [4.78, 5) is 31.6. The molecule has 170 valence electrons. The number of halogens is 1. The molecule has 0 fully saturated rings. The van der Waals surface area contributed by atoms with E-state index in [9.17, 15) is 9.59 Å². The van der Waals surface area contributed by atoms with E-state index in [1.807, 2.05) is 30.3 Å². The molecular weight excluding hydrogens is 472 g/mol. The Bertz CT molecular complexity index is 1670. The minimum Gasteiger partial charge on any atom is -0.486 e. The maximum absolute atomic E-state index is 12.8. The van der Waals surface area contributed by atoms with E-state index in [-0.39, 0.29) is 12.2 Å². The van der Waals surface area contributed by atoms with E-state index in [4.69, 9.17) is 20.8 Å². The van der Waals surface area contributed by atoms with Gasteiger partial charge in [-0.05, 0) is 42.9 Å². The van der Waals surface area contributed by atoms with Crippen LogP contribution in [0.15, 0.2) is 68.6 Å². The van der Waals surface area contributed by atoms with Gasteiger partial charge in [0.15, 0.2) is 4.96 Å². The summed E-state index contributed by atoms with van der Waals surface area (Å²) in [5, 5.41) is 1.09. The van der Waals surface area contributed by atoms with E-state index < -0.39 is 5.63 Å². The Hall–Kier alpha value is -3.42. The van der Waals surface area contributed by atoms with Crippen molar-refractivity contribution in [1.82, 2.24) is 9.38 Å². The van der Waals surface area contributed by atoms with Crippen molar-refractivity contribution in [3.8, 4) is 16.9 Å². The molecule has 0 saturated heterocycles. The van der Waals surface area contributed by atoms with Crippen molar-refractivity contribution in [2.75, 3.05) is 0 Å². The maximum atomic E-state index is 12.8. The number of hydrogen-bond donors (Lipinski definition) is 0. The molecule has 0 radical (unpaired) electrons. The predicted molar refractivity (Wildman–Crippen MR) is 133 cm³/mol. The first-order valence-corrected chi connectivity index (χ1v) is 12.2. The molecule has 5 aromatic rings. The van der Waals surface area contributed by atoms with Gasteiger partial charge >= 0.3 is 5.63 Å². The van der Waals surface area contributed by atoms with Gasteiger partial charge in [-0.25, -0.2) is 9.78 Å². The van der Waals surface area contributed by atoms with Crippen LogP contribution < -0.4 is 15.9 Å². The summed E-state index contributed by atoms with van der Waals surface area (Å²) in [5.41, 5.74) is 3.08. The number of nitrogens with zero attached hydrogens (tertiary/aromatic N) is 2. The van der Waals surface area contributed by atoms with E-state index in [0.717, 1.165) is 42.5 Å². The molecule has 3 heterocycles. The second-order valence-corrected chi connectivity index (χ2v) is 9.76. The highest BCUT2D eigenvalue weighted by molar-refractivity contribution is 7.17. The standard InChI is InChI=1S/C26H19ClN2O4S/c27-19-11-18-17(15-6-2-1-3-7-15)12-25(31)33-21(18)13-22(19)32-14-16-10-24(30)29-20-8-4-5-9-23(20)34-26(29)28-16/h1-3,6-7,10-13H,4-5,8-9,14H2. The third-order valence-corrected chi connectivity index (χ3v) is 7.51. The first-order valence-electron chi connectivity index (χ1n) is 11.1. The fraction of sp³-hybridized carbons (Fsp3) is 0.192. The molecule has 0 amide bonds. The molecule has 0 unspecified atom stereocenters. The number of benzene rings is 2. The van der Waals surface area contributed by atoms with Gasteiger partial charge in [-0.2, -0.15) is 0 Å². The Morgan fingerprint density at radius 1 is 1.06 bits per heavy atom. The normalized spacial score (nSPS) is 13.3.